The maximum atomic E-state index is 12.7. The average Bonchev–Trinajstić information content (AvgIpc) is 2.82. The number of benzene rings is 1. The number of rotatable bonds is 1. The van der Waals surface area contributed by atoms with Gasteiger partial charge in [0.05, 0.1) is 14.1 Å². The van der Waals surface area contributed by atoms with Crippen molar-refractivity contribution in [2.24, 2.45) is 0 Å². The highest BCUT2D eigenvalue weighted by Crippen LogP contribution is 2.28. The number of hydrogen-bond donors (Lipinski definition) is 0. The standard InChI is InChI=1S/C15H12INO2S/c16-14-8-10(9-20-14)15(19)17-7-3-6-13(18)11-4-1-2-5-12(11)17/h1-2,4-5,8-9H,3,6-7H2. The van der Waals surface area contributed by atoms with Gasteiger partial charge in [-0.3, -0.25) is 9.59 Å². The molecular formula is C15H12INO2S. The van der Waals surface area contributed by atoms with Crippen LogP contribution in [0, 0.1) is 2.88 Å². The summed E-state index contributed by atoms with van der Waals surface area (Å²) in [6, 6.07) is 9.27. The van der Waals surface area contributed by atoms with E-state index in [0.717, 1.165) is 8.57 Å². The zero-order valence-corrected chi connectivity index (χ0v) is 13.6. The highest BCUT2D eigenvalue weighted by molar-refractivity contribution is 14.1. The van der Waals surface area contributed by atoms with E-state index < -0.39 is 0 Å². The molecule has 1 aliphatic rings. The first-order chi connectivity index (χ1) is 9.66. The van der Waals surface area contributed by atoms with Crippen LogP contribution < -0.4 is 4.90 Å². The van der Waals surface area contributed by atoms with Crippen molar-refractivity contribution < 1.29 is 9.59 Å². The predicted molar refractivity (Wildman–Crippen MR) is 88.7 cm³/mol. The van der Waals surface area contributed by atoms with Gasteiger partial charge >= 0.3 is 0 Å². The van der Waals surface area contributed by atoms with Crippen LogP contribution in [-0.2, 0) is 0 Å². The molecule has 0 bridgehead atoms. The molecule has 2 aromatic rings. The maximum Gasteiger partial charge on any atom is 0.259 e. The molecule has 1 aliphatic heterocycles. The second kappa shape index (κ2) is 5.65. The van der Waals surface area contributed by atoms with Crippen LogP contribution in [0.1, 0.15) is 33.6 Å². The molecule has 2 heterocycles. The van der Waals surface area contributed by atoms with Crippen LogP contribution in [0.3, 0.4) is 0 Å². The normalized spacial score (nSPS) is 14.8. The van der Waals surface area contributed by atoms with Crippen molar-refractivity contribution >= 4 is 51.3 Å². The van der Waals surface area contributed by atoms with Gasteiger partial charge in [-0.1, -0.05) is 12.1 Å². The number of anilines is 1. The molecule has 0 N–H and O–H groups in total. The maximum absolute atomic E-state index is 12.7. The van der Waals surface area contributed by atoms with Crippen molar-refractivity contribution in [2.45, 2.75) is 12.8 Å². The first kappa shape index (κ1) is 13.8. The lowest BCUT2D eigenvalue weighted by atomic mass is 10.1. The number of thiophene rings is 1. The van der Waals surface area contributed by atoms with Crippen molar-refractivity contribution in [1.29, 1.82) is 0 Å². The summed E-state index contributed by atoms with van der Waals surface area (Å²) in [6.45, 7) is 0.591. The fourth-order valence-electron chi connectivity index (χ4n) is 2.39. The van der Waals surface area contributed by atoms with Gasteiger partial charge in [0.2, 0.25) is 0 Å². The van der Waals surface area contributed by atoms with Crippen molar-refractivity contribution in [3.8, 4) is 0 Å². The van der Waals surface area contributed by atoms with Crippen LogP contribution in [0.15, 0.2) is 35.7 Å². The number of fused-ring (bicyclic) bond motifs is 1. The minimum absolute atomic E-state index is 0.0219. The number of Topliss-reactive ketones (excluding diaryl/α,β-unsaturated/α-hetero) is 1. The van der Waals surface area contributed by atoms with Gasteiger partial charge < -0.3 is 4.90 Å². The van der Waals surface area contributed by atoms with Crippen LogP contribution >= 0.6 is 33.9 Å². The second-order valence-electron chi connectivity index (χ2n) is 4.64. The molecule has 0 unspecified atom stereocenters. The number of carbonyl (C=O) groups excluding carboxylic acids is 2. The summed E-state index contributed by atoms with van der Waals surface area (Å²) in [6.07, 6.45) is 1.21. The predicted octanol–water partition coefficient (Wildman–Crippen LogP) is 3.98. The molecule has 3 rings (SSSR count). The van der Waals surface area contributed by atoms with Gasteiger partial charge in [-0.15, -0.1) is 11.3 Å². The van der Waals surface area contributed by atoms with Crippen LogP contribution in [0.2, 0.25) is 0 Å². The molecule has 20 heavy (non-hydrogen) atoms. The lowest BCUT2D eigenvalue weighted by Gasteiger charge is -2.21. The number of halogens is 1. The Labute approximate surface area is 134 Å². The molecular weight excluding hydrogens is 385 g/mol. The molecule has 1 aromatic carbocycles. The molecule has 5 heteroatoms. The van der Waals surface area contributed by atoms with Crippen molar-refractivity contribution in [2.75, 3.05) is 11.4 Å². The Kier molecular flexibility index (Phi) is 3.89. The minimum Gasteiger partial charge on any atom is -0.308 e. The summed E-state index contributed by atoms with van der Waals surface area (Å²) in [5, 5.41) is 1.87. The largest absolute Gasteiger partial charge is 0.308 e. The summed E-state index contributed by atoms with van der Waals surface area (Å²) in [7, 11) is 0. The van der Waals surface area contributed by atoms with E-state index in [4.69, 9.17) is 0 Å². The summed E-state index contributed by atoms with van der Waals surface area (Å²) in [4.78, 5) is 26.5. The number of hydrogen-bond acceptors (Lipinski definition) is 3. The van der Waals surface area contributed by atoms with Gasteiger partial charge in [-0.05, 0) is 47.2 Å². The third-order valence-electron chi connectivity index (χ3n) is 3.34. The van der Waals surface area contributed by atoms with Gasteiger partial charge in [0, 0.05) is 23.9 Å². The molecule has 0 aliphatic carbocycles. The number of amides is 1. The number of para-hydroxylation sites is 1. The smallest absolute Gasteiger partial charge is 0.259 e. The van der Waals surface area contributed by atoms with Gasteiger partial charge in [0.1, 0.15) is 0 Å². The summed E-state index contributed by atoms with van der Waals surface area (Å²) < 4.78 is 1.09. The number of carbonyl (C=O) groups is 2. The fraction of sp³-hybridized carbons (Fsp3) is 0.200. The first-order valence-electron chi connectivity index (χ1n) is 6.35. The van der Waals surface area contributed by atoms with Crippen LogP contribution in [-0.4, -0.2) is 18.2 Å². The Balaban J connectivity index is 2.03. The Morgan fingerprint density at radius 3 is 2.85 bits per heavy atom. The Hall–Kier alpha value is -1.21. The van der Waals surface area contributed by atoms with E-state index in [9.17, 15) is 9.59 Å². The highest BCUT2D eigenvalue weighted by Gasteiger charge is 2.25. The molecule has 1 amide bonds. The van der Waals surface area contributed by atoms with Crippen LogP contribution in [0.5, 0.6) is 0 Å². The Morgan fingerprint density at radius 1 is 1.30 bits per heavy atom. The second-order valence-corrected chi connectivity index (χ2v) is 7.45. The van der Waals surface area contributed by atoms with E-state index in [2.05, 4.69) is 22.6 Å². The lowest BCUT2D eigenvalue weighted by molar-refractivity contribution is 0.0974. The molecule has 3 nitrogen and oxygen atoms in total. The first-order valence-corrected chi connectivity index (χ1v) is 8.31. The van der Waals surface area contributed by atoms with Gasteiger partial charge in [-0.25, -0.2) is 0 Å². The van der Waals surface area contributed by atoms with Crippen molar-refractivity contribution in [3.63, 3.8) is 0 Å². The third kappa shape index (κ3) is 2.52. The fourth-order valence-corrected chi connectivity index (χ4v) is 3.71. The number of nitrogens with zero attached hydrogens (tertiary/aromatic N) is 1. The molecule has 0 atom stereocenters. The summed E-state index contributed by atoms with van der Waals surface area (Å²) >= 11 is 3.77. The Bertz CT molecular complexity index is 680. The van der Waals surface area contributed by atoms with E-state index in [-0.39, 0.29) is 11.7 Å². The molecule has 0 saturated carbocycles. The zero-order chi connectivity index (χ0) is 14.1. The minimum atomic E-state index is -0.0219. The third-order valence-corrected chi connectivity index (χ3v) is 5.13. The van der Waals surface area contributed by atoms with Crippen molar-refractivity contribution in [1.82, 2.24) is 0 Å². The van der Waals surface area contributed by atoms with E-state index in [1.54, 1.807) is 22.3 Å². The SMILES string of the molecule is O=C1CCCN(C(=O)c2csc(I)c2)c2ccccc21. The van der Waals surface area contributed by atoms with Crippen LogP contribution in [0.4, 0.5) is 5.69 Å². The number of ketones is 1. The average molecular weight is 397 g/mol. The van der Waals surface area contributed by atoms with E-state index in [0.29, 0.717) is 30.5 Å². The van der Waals surface area contributed by atoms with Crippen molar-refractivity contribution in [3.05, 3.63) is 49.7 Å². The molecule has 1 aromatic heterocycles. The monoisotopic (exact) mass is 397 g/mol. The molecule has 0 fully saturated rings. The molecule has 0 spiro atoms. The zero-order valence-electron chi connectivity index (χ0n) is 10.6. The van der Waals surface area contributed by atoms with Gasteiger partial charge in [0.25, 0.3) is 5.91 Å². The van der Waals surface area contributed by atoms with E-state index in [1.807, 2.05) is 29.6 Å². The van der Waals surface area contributed by atoms with E-state index in [1.165, 1.54) is 0 Å². The van der Waals surface area contributed by atoms with E-state index >= 15 is 0 Å². The molecule has 102 valence electrons. The highest BCUT2D eigenvalue weighted by atomic mass is 127. The Morgan fingerprint density at radius 2 is 2.10 bits per heavy atom. The summed E-state index contributed by atoms with van der Waals surface area (Å²) in [5.74, 6) is 0.0992. The topological polar surface area (TPSA) is 37.4 Å². The lowest BCUT2D eigenvalue weighted by Crippen LogP contribution is -2.31. The molecule has 0 radical (unpaired) electrons. The molecule has 0 saturated heterocycles. The van der Waals surface area contributed by atoms with Gasteiger partial charge in [-0.2, -0.15) is 0 Å². The quantitative estimate of drug-likeness (QED) is 0.683. The van der Waals surface area contributed by atoms with Gasteiger partial charge in [0.15, 0.2) is 5.78 Å². The summed E-state index contributed by atoms with van der Waals surface area (Å²) in [5.41, 5.74) is 2.09. The van der Waals surface area contributed by atoms with Crippen LogP contribution in [0.25, 0.3) is 0 Å².